The summed E-state index contributed by atoms with van der Waals surface area (Å²) in [5.74, 6) is 0. The molecule has 0 fully saturated rings. The molecule has 0 atom stereocenters. The lowest BCUT2D eigenvalue weighted by atomic mass is 10.0. The van der Waals surface area contributed by atoms with Gasteiger partial charge < -0.3 is 9.88 Å². The number of hydrogen-bond acceptors (Lipinski definition) is 3. The van der Waals surface area contributed by atoms with Gasteiger partial charge in [0.1, 0.15) is 5.69 Å². The number of H-pyrrole nitrogens is 1. The summed E-state index contributed by atoms with van der Waals surface area (Å²) < 4.78 is 0. The Bertz CT molecular complexity index is 730. The highest BCUT2D eigenvalue weighted by Crippen LogP contribution is 2.32. The van der Waals surface area contributed by atoms with Crippen molar-refractivity contribution in [3.8, 4) is 11.1 Å². The summed E-state index contributed by atoms with van der Waals surface area (Å²) in [5, 5.41) is 0. The number of pyridine rings is 2. The summed E-state index contributed by atoms with van der Waals surface area (Å²) in [6.07, 6.45) is 8.89. The van der Waals surface area contributed by atoms with Gasteiger partial charge in [0.25, 0.3) is 5.56 Å². The predicted octanol–water partition coefficient (Wildman–Crippen LogP) is 3.55. The standard InChI is InChI=1S/C19H25N3O/c1-3-10-22(11-4-2)18-12-15-16-13-20-9-8-14(16)6-5-7-17(15)21-19(18)23/h8-9,12-13H,3-7,10-11H2,1-2H3,(H,21,23). The summed E-state index contributed by atoms with van der Waals surface area (Å²) >= 11 is 0. The average molecular weight is 311 g/mol. The van der Waals surface area contributed by atoms with E-state index < -0.39 is 0 Å². The topological polar surface area (TPSA) is 49.0 Å². The quantitative estimate of drug-likeness (QED) is 0.918. The minimum Gasteiger partial charge on any atom is -0.367 e. The summed E-state index contributed by atoms with van der Waals surface area (Å²) in [6, 6.07) is 4.19. The molecule has 2 aromatic heterocycles. The molecule has 23 heavy (non-hydrogen) atoms. The molecule has 3 rings (SSSR count). The van der Waals surface area contributed by atoms with Crippen LogP contribution in [0.1, 0.15) is 44.4 Å². The van der Waals surface area contributed by atoms with E-state index in [9.17, 15) is 4.79 Å². The van der Waals surface area contributed by atoms with Gasteiger partial charge in [-0.25, -0.2) is 0 Å². The van der Waals surface area contributed by atoms with Gasteiger partial charge >= 0.3 is 0 Å². The highest BCUT2D eigenvalue weighted by atomic mass is 16.1. The van der Waals surface area contributed by atoms with Crippen LogP contribution in [0.3, 0.4) is 0 Å². The molecule has 4 heteroatoms. The molecule has 1 aliphatic rings. The Morgan fingerprint density at radius 2 is 1.96 bits per heavy atom. The smallest absolute Gasteiger partial charge is 0.271 e. The van der Waals surface area contributed by atoms with Crippen molar-refractivity contribution >= 4 is 5.69 Å². The average Bonchev–Trinajstić information content (AvgIpc) is 2.73. The molecule has 0 saturated heterocycles. The van der Waals surface area contributed by atoms with Crippen molar-refractivity contribution in [2.45, 2.75) is 46.0 Å². The second-order valence-electron chi connectivity index (χ2n) is 6.25. The van der Waals surface area contributed by atoms with E-state index in [-0.39, 0.29) is 5.56 Å². The van der Waals surface area contributed by atoms with Crippen LogP contribution >= 0.6 is 0 Å². The number of aromatic nitrogens is 2. The molecule has 0 aliphatic heterocycles. The fourth-order valence-corrected chi connectivity index (χ4v) is 3.46. The molecule has 0 unspecified atom stereocenters. The number of aryl methyl sites for hydroxylation is 2. The van der Waals surface area contributed by atoms with E-state index in [1.165, 1.54) is 11.1 Å². The minimum absolute atomic E-state index is 0.0398. The van der Waals surface area contributed by atoms with Crippen LogP contribution in [0.15, 0.2) is 29.3 Å². The first kappa shape index (κ1) is 15.8. The van der Waals surface area contributed by atoms with Crippen molar-refractivity contribution in [1.29, 1.82) is 0 Å². The van der Waals surface area contributed by atoms with E-state index in [0.29, 0.717) is 0 Å². The number of nitrogens with zero attached hydrogens (tertiary/aromatic N) is 2. The third-order valence-corrected chi connectivity index (χ3v) is 4.51. The Hall–Kier alpha value is -2.10. The highest BCUT2D eigenvalue weighted by Gasteiger charge is 2.19. The number of nitrogens with one attached hydrogen (secondary N) is 1. The number of anilines is 1. The highest BCUT2D eigenvalue weighted by molar-refractivity contribution is 5.73. The van der Waals surface area contributed by atoms with E-state index in [1.54, 1.807) is 0 Å². The lowest BCUT2D eigenvalue weighted by molar-refractivity contribution is 0.738. The van der Waals surface area contributed by atoms with Crippen LogP contribution in [0.4, 0.5) is 5.69 Å². The Morgan fingerprint density at radius 3 is 2.70 bits per heavy atom. The molecule has 1 aliphatic carbocycles. The van der Waals surface area contributed by atoms with Gasteiger partial charge in [0.05, 0.1) is 0 Å². The van der Waals surface area contributed by atoms with Crippen molar-refractivity contribution in [1.82, 2.24) is 9.97 Å². The Labute approximate surface area is 137 Å². The molecule has 0 aromatic carbocycles. The molecule has 0 radical (unpaired) electrons. The van der Waals surface area contributed by atoms with Crippen LogP contribution in [-0.2, 0) is 12.8 Å². The van der Waals surface area contributed by atoms with Gasteiger partial charge in [-0.2, -0.15) is 0 Å². The lowest BCUT2D eigenvalue weighted by Crippen LogP contribution is -2.31. The Kier molecular flexibility index (Phi) is 4.79. The number of hydrogen-bond donors (Lipinski definition) is 1. The van der Waals surface area contributed by atoms with Gasteiger partial charge in [-0.3, -0.25) is 9.78 Å². The maximum absolute atomic E-state index is 12.6. The van der Waals surface area contributed by atoms with Gasteiger partial charge in [0.2, 0.25) is 0 Å². The van der Waals surface area contributed by atoms with Gasteiger partial charge in [-0.1, -0.05) is 13.8 Å². The van der Waals surface area contributed by atoms with Gasteiger partial charge in [-0.05, 0) is 49.8 Å². The zero-order valence-corrected chi connectivity index (χ0v) is 14.1. The van der Waals surface area contributed by atoms with Crippen molar-refractivity contribution in [2.24, 2.45) is 0 Å². The molecule has 0 saturated carbocycles. The van der Waals surface area contributed by atoms with Crippen LogP contribution in [0.2, 0.25) is 0 Å². The predicted molar refractivity (Wildman–Crippen MR) is 95.1 cm³/mol. The fourth-order valence-electron chi connectivity index (χ4n) is 3.46. The second kappa shape index (κ2) is 6.99. The van der Waals surface area contributed by atoms with E-state index in [2.05, 4.69) is 40.8 Å². The molecule has 122 valence electrons. The van der Waals surface area contributed by atoms with Gasteiger partial charge in [0, 0.05) is 42.3 Å². The van der Waals surface area contributed by atoms with Crippen molar-refractivity contribution in [3.63, 3.8) is 0 Å². The van der Waals surface area contributed by atoms with Gasteiger partial charge in [0.15, 0.2) is 0 Å². The minimum atomic E-state index is 0.0398. The maximum atomic E-state index is 12.6. The van der Waals surface area contributed by atoms with E-state index in [0.717, 1.165) is 62.1 Å². The van der Waals surface area contributed by atoms with Crippen LogP contribution in [0.5, 0.6) is 0 Å². The summed E-state index contributed by atoms with van der Waals surface area (Å²) in [6.45, 7) is 6.13. The molecule has 1 N–H and O–H groups in total. The summed E-state index contributed by atoms with van der Waals surface area (Å²) in [7, 11) is 0. The maximum Gasteiger partial charge on any atom is 0.271 e. The third-order valence-electron chi connectivity index (χ3n) is 4.51. The van der Waals surface area contributed by atoms with Crippen LogP contribution in [0.25, 0.3) is 11.1 Å². The molecular weight excluding hydrogens is 286 g/mol. The first-order valence-electron chi connectivity index (χ1n) is 8.69. The number of aromatic amines is 1. The Balaban J connectivity index is 2.13. The van der Waals surface area contributed by atoms with Crippen LogP contribution in [0, 0.1) is 0 Å². The molecule has 0 spiro atoms. The van der Waals surface area contributed by atoms with Crippen molar-refractivity contribution in [3.05, 3.63) is 46.1 Å². The molecule has 0 amide bonds. The number of rotatable bonds is 5. The summed E-state index contributed by atoms with van der Waals surface area (Å²) in [5.41, 5.74) is 5.54. The molecule has 4 nitrogen and oxygen atoms in total. The fraction of sp³-hybridized carbons (Fsp3) is 0.474. The van der Waals surface area contributed by atoms with Crippen molar-refractivity contribution < 1.29 is 0 Å². The van der Waals surface area contributed by atoms with E-state index >= 15 is 0 Å². The number of fused-ring (bicyclic) bond motifs is 3. The Morgan fingerprint density at radius 1 is 1.17 bits per heavy atom. The van der Waals surface area contributed by atoms with Gasteiger partial charge in [-0.15, -0.1) is 0 Å². The second-order valence-corrected chi connectivity index (χ2v) is 6.25. The SMILES string of the molecule is CCCN(CCC)c1cc2c([nH]c1=O)CCCc1ccncc1-2. The normalized spacial score (nSPS) is 13.1. The zero-order chi connectivity index (χ0) is 16.2. The van der Waals surface area contributed by atoms with Crippen LogP contribution < -0.4 is 10.5 Å². The molecule has 2 heterocycles. The first-order valence-corrected chi connectivity index (χ1v) is 8.69. The third kappa shape index (κ3) is 3.16. The largest absolute Gasteiger partial charge is 0.367 e. The first-order chi connectivity index (χ1) is 11.2. The van der Waals surface area contributed by atoms with Crippen molar-refractivity contribution in [2.75, 3.05) is 18.0 Å². The lowest BCUT2D eigenvalue weighted by Gasteiger charge is -2.24. The summed E-state index contributed by atoms with van der Waals surface area (Å²) in [4.78, 5) is 22.3. The van der Waals surface area contributed by atoms with E-state index in [4.69, 9.17) is 0 Å². The van der Waals surface area contributed by atoms with E-state index in [1.807, 2.05) is 12.4 Å². The molecule has 0 bridgehead atoms. The molecule has 2 aromatic rings. The molecular formula is C19H25N3O. The monoisotopic (exact) mass is 311 g/mol. The zero-order valence-electron chi connectivity index (χ0n) is 14.1. The van der Waals surface area contributed by atoms with Crippen LogP contribution in [-0.4, -0.2) is 23.1 Å².